The lowest BCUT2D eigenvalue weighted by Gasteiger charge is -2.04. The Bertz CT molecular complexity index is 367. The highest BCUT2D eigenvalue weighted by molar-refractivity contribution is 5.63. The molecule has 0 bridgehead atoms. The molecule has 1 aromatic heterocycles. The first-order valence-electron chi connectivity index (χ1n) is 5.79. The van der Waals surface area contributed by atoms with E-state index in [0.717, 1.165) is 23.5 Å². The molecule has 2 heteroatoms. The SMILES string of the molecule is C=Cc1nc(NC)ccc1/C=C\CCCC. The number of hydrogen-bond acceptors (Lipinski definition) is 2. The van der Waals surface area contributed by atoms with Crippen molar-refractivity contribution in [1.82, 2.24) is 4.98 Å². The number of allylic oxidation sites excluding steroid dienone is 1. The minimum atomic E-state index is 0.876. The average Bonchev–Trinajstić information content (AvgIpc) is 2.34. The Kier molecular flexibility index (Phi) is 5.34. The molecule has 1 aromatic rings. The Morgan fingerprint density at radius 1 is 1.44 bits per heavy atom. The zero-order chi connectivity index (χ0) is 11.8. The molecule has 0 aliphatic heterocycles. The summed E-state index contributed by atoms with van der Waals surface area (Å²) in [5.41, 5.74) is 2.06. The van der Waals surface area contributed by atoms with Gasteiger partial charge in [-0.25, -0.2) is 4.98 Å². The molecule has 0 aromatic carbocycles. The zero-order valence-electron chi connectivity index (χ0n) is 10.2. The third kappa shape index (κ3) is 3.54. The van der Waals surface area contributed by atoms with Crippen LogP contribution in [-0.4, -0.2) is 12.0 Å². The Balaban J connectivity index is 2.79. The number of aromatic nitrogens is 1. The number of hydrogen-bond donors (Lipinski definition) is 1. The molecule has 0 aliphatic rings. The molecule has 0 saturated heterocycles. The van der Waals surface area contributed by atoms with Gasteiger partial charge in [0.15, 0.2) is 0 Å². The first-order chi connectivity index (χ1) is 7.81. The molecule has 0 fully saturated rings. The van der Waals surface area contributed by atoms with Crippen LogP contribution < -0.4 is 5.32 Å². The monoisotopic (exact) mass is 216 g/mol. The van der Waals surface area contributed by atoms with Crippen LogP contribution in [0.15, 0.2) is 24.8 Å². The van der Waals surface area contributed by atoms with E-state index in [9.17, 15) is 0 Å². The lowest BCUT2D eigenvalue weighted by atomic mass is 10.1. The van der Waals surface area contributed by atoms with Gasteiger partial charge in [-0.3, -0.25) is 0 Å². The third-order valence-corrected chi connectivity index (χ3v) is 2.43. The van der Waals surface area contributed by atoms with Gasteiger partial charge in [0.1, 0.15) is 5.82 Å². The predicted octanol–water partition coefficient (Wildman–Crippen LogP) is 3.97. The molecule has 0 spiro atoms. The highest BCUT2D eigenvalue weighted by Gasteiger charge is 1.98. The smallest absolute Gasteiger partial charge is 0.126 e. The van der Waals surface area contributed by atoms with Crippen molar-refractivity contribution in [2.75, 3.05) is 12.4 Å². The second kappa shape index (κ2) is 6.83. The zero-order valence-corrected chi connectivity index (χ0v) is 10.2. The summed E-state index contributed by atoms with van der Waals surface area (Å²) in [4.78, 5) is 4.43. The summed E-state index contributed by atoms with van der Waals surface area (Å²) >= 11 is 0. The summed E-state index contributed by atoms with van der Waals surface area (Å²) in [6, 6.07) is 4.05. The number of pyridine rings is 1. The summed E-state index contributed by atoms with van der Waals surface area (Å²) in [5, 5.41) is 3.02. The molecule has 16 heavy (non-hydrogen) atoms. The quantitative estimate of drug-likeness (QED) is 0.728. The van der Waals surface area contributed by atoms with E-state index < -0.39 is 0 Å². The Morgan fingerprint density at radius 2 is 2.25 bits per heavy atom. The van der Waals surface area contributed by atoms with E-state index in [2.05, 4.69) is 42.0 Å². The molecular weight excluding hydrogens is 196 g/mol. The molecule has 0 unspecified atom stereocenters. The maximum absolute atomic E-state index is 4.43. The highest BCUT2D eigenvalue weighted by Crippen LogP contribution is 2.14. The van der Waals surface area contributed by atoms with Crippen molar-refractivity contribution in [3.05, 3.63) is 36.0 Å². The highest BCUT2D eigenvalue weighted by atomic mass is 15.0. The number of anilines is 1. The third-order valence-electron chi connectivity index (χ3n) is 2.43. The van der Waals surface area contributed by atoms with E-state index in [-0.39, 0.29) is 0 Å². The van der Waals surface area contributed by atoms with E-state index in [1.165, 1.54) is 12.8 Å². The fraction of sp³-hybridized carbons (Fsp3) is 0.357. The van der Waals surface area contributed by atoms with Crippen molar-refractivity contribution in [1.29, 1.82) is 0 Å². The van der Waals surface area contributed by atoms with E-state index in [4.69, 9.17) is 0 Å². The number of rotatable bonds is 6. The van der Waals surface area contributed by atoms with Crippen LogP contribution in [0.4, 0.5) is 5.82 Å². The number of nitrogens with zero attached hydrogens (tertiary/aromatic N) is 1. The maximum Gasteiger partial charge on any atom is 0.126 e. The molecule has 1 heterocycles. The molecule has 86 valence electrons. The summed E-state index contributed by atoms with van der Waals surface area (Å²) in [6.07, 6.45) is 9.71. The van der Waals surface area contributed by atoms with Crippen molar-refractivity contribution in [3.63, 3.8) is 0 Å². The van der Waals surface area contributed by atoms with Crippen LogP contribution in [0.1, 0.15) is 37.4 Å². The van der Waals surface area contributed by atoms with Gasteiger partial charge in [-0.15, -0.1) is 0 Å². The minimum Gasteiger partial charge on any atom is -0.373 e. The summed E-state index contributed by atoms with van der Waals surface area (Å²) in [5.74, 6) is 0.876. The standard InChI is InChI=1S/C14H20N2/c1-4-6-7-8-9-12-10-11-14(15-3)16-13(12)5-2/h5,8-11H,2,4,6-7H2,1,3H3,(H,15,16)/b9-8-. The second-order valence-corrected chi connectivity index (χ2v) is 3.67. The van der Waals surface area contributed by atoms with Crippen molar-refractivity contribution in [2.45, 2.75) is 26.2 Å². The average molecular weight is 216 g/mol. The van der Waals surface area contributed by atoms with Gasteiger partial charge < -0.3 is 5.32 Å². The van der Waals surface area contributed by atoms with Gasteiger partial charge in [0.2, 0.25) is 0 Å². The Labute approximate surface area is 98.1 Å². The Hall–Kier alpha value is -1.57. The van der Waals surface area contributed by atoms with Crippen LogP contribution >= 0.6 is 0 Å². The molecule has 1 rings (SSSR count). The van der Waals surface area contributed by atoms with Gasteiger partial charge >= 0.3 is 0 Å². The predicted molar refractivity (Wildman–Crippen MR) is 72.4 cm³/mol. The van der Waals surface area contributed by atoms with E-state index >= 15 is 0 Å². The first-order valence-corrected chi connectivity index (χ1v) is 5.79. The van der Waals surface area contributed by atoms with Crippen LogP contribution in [0.3, 0.4) is 0 Å². The van der Waals surface area contributed by atoms with Gasteiger partial charge in [0.05, 0.1) is 5.69 Å². The largest absolute Gasteiger partial charge is 0.373 e. The van der Waals surface area contributed by atoms with E-state index in [0.29, 0.717) is 0 Å². The lowest BCUT2D eigenvalue weighted by Crippen LogP contribution is -1.95. The minimum absolute atomic E-state index is 0.876. The molecule has 0 amide bonds. The normalized spacial score (nSPS) is 10.6. The van der Waals surface area contributed by atoms with Crippen LogP contribution in [0.25, 0.3) is 12.2 Å². The first kappa shape index (κ1) is 12.5. The summed E-state index contributed by atoms with van der Waals surface area (Å²) in [7, 11) is 1.87. The summed E-state index contributed by atoms with van der Waals surface area (Å²) in [6.45, 7) is 5.99. The molecule has 0 saturated carbocycles. The maximum atomic E-state index is 4.43. The van der Waals surface area contributed by atoms with Gasteiger partial charge in [0.25, 0.3) is 0 Å². The van der Waals surface area contributed by atoms with Crippen molar-refractivity contribution < 1.29 is 0 Å². The molecule has 0 aliphatic carbocycles. The van der Waals surface area contributed by atoms with E-state index in [1.54, 1.807) is 6.08 Å². The van der Waals surface area contributed by atoms with E-state index in [1.807, 2.05) is 13.1 Å². The van der Waals surface area contributed by atoms with Gasteiger partial charge in [0, 0.05) is 7.05 Å². The molecule has 0 atom stereocenters. The second-order valence-electron chi connectivity index (χ2n) is 3.67. The Morgan fingerprint density at radius 3 is 2.88 bits per heavy atom. The van der Waals surface area contributed by atoms with Gasteiger partial charge in [-0.05, 0) is 30.2 Å². The van der Waals surface area contributed by atoms with Crippen LogP contribution in [0, 0.1) is 0 Å². The van der Waals surface area contributed by atoms with Crippen molar-refractivity contribution >= 4 is 18.0 Å². The number of unbranched alkanes of at least 4 members (excludes halogenated alkanes) is 2. The molecule has 1 N–H and O–H groups in total. The van der Waals surface area contributed by atoms with Gasteiger partial charge in [-0.2, -0.15) is 0 Å². The molecule has 2 nitrogen and oxygen atoms in total. The fourth-order valence-corrected chi connectivity index (χ4v) is 1.46. The van der Waals surface area contributed by atoms with Gasteiger partial charge in [-0.1, -0.05) is 38.5 Å². The van der Waals surface area contributed by atoms with Crippen molar-refractivity contribution in [3.8, 4) is 0 Å². The van der Waals surface area contributed by atoms with Crippen LogP contribution in [-0.2, 0) is 0 Å². The topological polar surface area (TPSA) is 24.9 Å². The summed E-state index contributed by atoms with van der Waals surface area (Å²) < 4.78 is 0. The van der Waals surface area contributed by atoms with Crippen molar-refractivity contribution in [2.24, 2.45) is 0 Å². The molecular formula is C14H20N2. The molecule has 0 radical (unpaired) electrons. The van der Waals surface area contributed by atoms with Crippen LogP contribution in [0.5, 0.6) is 0 Å². The van der Waals surface area contributed by atoms with Crippen LogP contribution in [0.2, 0.25) is 0 Å². The number of nitrogens with one attached hydrogen (secondary N) is 1. The fourth-order valence-electron chi connectivity index (χ4n) is 1.46. The lowest BCUT2D eigenvalue weighted by molar-refractivity contribution is 0.816.